The number of hydrogen-bond acceptors (Lipinski definition) is 5. The minimum atomic E-state index is 0.219. The fourth-order valence-electron chi connectivity index (χ4n) is 3.62. The molecule has 0 amide bonds. The lowest BCUT2D eigenvalue weighted by Gasteiger charge is -2.26. The van der Waals surface area contributed by atoms with E-state index in [-0.39, 0.29) is 11.4 Å². The van der Waals surface area contributed by atoms with Gasteiger partial charge in [0.25, 0.3) is 0 Å². The zero-order valence-corrected chi connectivity index (χ0v) is 21.7. The predicted octanol–water partition coefficient (Wildman–Crippen LogP) is 8.05. The summed E-state index contributed by atoms with van der Waals surface area (Å²) in [4.78, 5) is 8.18. The van der Waals surface area contributed by atoms with Crippen LogP contribution in [-0.4, -0.2) is 15.2 Å². The largest absolute Gasteiger partial charge is 0.761 e. The second-order valence-electron chi connectivity index (χ2n) is 8.59. The second kappa shape index (κ2) is 12.0. The van der Waals surface area contributed by atoms with Gasteiger partial charge in [0.1, 0.15) is 5.75 Å². The van der Waals surface area contributed by atoms with Gasteiger partial charge in [-0.25, -0.2) is 4.99 Å². The molecule has 0 spiro atoms. The molecule has 36 heavy (non-hydrogen) atoms. The number of anilines is 1. The van der Waals surface area contributed by atoms with Gasteiger partial charge in [-0.05, 0) is 67.4 Å². The van der Waals surface area contributed by atoms with Crippen LogP contribution in [-0.2, 0) is 13.1 Å². The molecule has 0 saturated heterocycles. The lowest BCUT2D eigenvalue weighted by molar-refractivity contribution is 0.412. The maximum absolute atomic E-state index is 11.4. The van der Waals surface area contributed by atoms with Gasteiger partial charge in [-0.1, -0.05) is 83.0 Å². The summed E-state index contributed by atoms with van der Waals surface area (Å²) in [7, 11) is 0. The molecule has 5 nitrogen and oxygen atoms in total. The van der Waals surface area contributed by atoms with Gasteiger partial charge in [-0.3, -0.25) is 0 Å². The molecule has 0 aromatic heterocycles. The van der Waals surface area contributed by atoms with Crippen LogP contribution in [0.25, 0.3) is 0 Å². The summed E-state index contributed by atoms with van der Waals surface area (Å²) in [6, 6.07) is 29.0. The van der Waals surface area contributed by atoms with Crippen LogP contribution in [0.4, 0.5) is 11.4 Å². The molecule has 0 aliphatic carbocycles. The molecule has 2 N–H and O–H groups in total. The minimum Gasteiger partial charge on any atom is -0.761 e. The van der Waals surface area contributed by atoms with Crippen molar-refractivity contribution in [2.24, 2.45) is 4.99 Å². The minimum absolute atomic E-state index is 0.219. The number of phenolic OH excluding ortho intramolecular Hbond substituents is 1. The van der Waals surface area contributed by atoms with E-state index >= 15 is 0 Å². The highest BCUT2D eigenvalue weighted by atomic mass is 35.5. The van der Waals surface area contributed by atoms with Crippen molar-refractivity contribution in [2.45, 2.75) is 31.8 Å². The van der Waals surface area contributed by atoms with Crippen LogP contribution in [0.1, 0.15) is 22.3 Å². The summed E-state index contributed by atoms with van der Waals surface area (Å²) in [5, 5.41) is 22.5. The number of benzene rings is 4. The number of aromatic hydroxyl groups is 1. The van der Waals surface area contributed by atoms with E-state index in [0.29, 0.717) is 23.8 Å². The van der Waals surface area contributed by atoms with Gasteiger partial charge >= 0.3 is 0 Å². The number of amidine groups is 1. The fraction of sp³-hybridized carbons (Fsp3) is 0.138. The van der Waals surface area contributed by atoms with E-state index in [2.05, 4.69) is 67.3 Å². The van der Waals surface area contributed by atoms with Gasteiger partial charge in [0.15, 0.2) is 5.17 Å². The first kappa shape index (κ1) is 25.6. The Kier molecular flexibility index (Phi) is 8.54. The zero-order chi connectivity index (χ0) is 25.5. The molecule has 4 aromatic carbocycles. The highest BCUT2D eigenvalue weighted by Crippen LogP contribution is 2.31. The van der Waals surface area contributed by atoms with E-state index < -0.39 is 0 Å². The van der Waals surface area contributed by atoms with Gasteiger partial charge in [-0.15, -0.1) is 0 Å². The van der Waals surface area contributed by atoms with Gasteiger partial charge in [0, 0.05) is 23.7 Å². The Balaban J connectivity index is 1.78. The predicted molar refractivity (Wildman–Crippen MR) is 151 cm³/mol. The standard InChI is InChI=1S/C29H27ClN3O2S/c1-20-6-10-22(11-7-20)18-33(19-23-4-3-5-25(34)16-23)29(36-26-13-8-21(2)9-14-26)31-24-12-15-27(30)28(17-24)32-35/h3-17,32,34H,18-19H2,1-2H3/q-1. The maximum Gasteiger partial charge on any atom is 0.169 e. The van der Waals surface area contributed by atoms with E-state index in [1.165, 1.54) is 11.1 Å². The Morgan fingerprint density at radius 3 is 2.22 bits per heavy atom. The highest BCUT2D eigenvalue weighted by molar-refractivity contribution is 8.13. The Hall–Kier alpha value is -3.45. The molecule has 4 rings (SSSR count). The van der Waals surface area contributed by atoms with Crippen molar-refractivity contribution < 1.29 is 5.11 Å². The molecule has 0 aliphatic heterocycles. The van der Waals surface area contributed by atoms with Crippen LogP contribution >= 0.6 is 23.4 Å². The molecule has 4 aromatic rings. The molecule has 0 saturated carbocycles. The number of halogens is 1. The van der Waals surface area contributed by atoms with Crippen molar-refractivity contribution in [1.82, 2.24) is 4.90 Å². The average Bonchev–Trinajstić information content (AvgIpc) is 2.87. The topological polar surface area (TPSA) is 70.9 Å². The lowest BCUT2D eigenvalue weighted by Crippen LogP contribution is -2.28. The van der Waals surface area contributed by atoms with Crippen LogP contribution < -0.4 is 5.48 Å². The van der Waals surface area contributed by atoms with Gasteiger partial charge in [0.05, 0.1) is 10.7 Å². The number of aryl methyl sites for hydroxylation is 2. The molecule has 7 heteroatoms. The van der Waals surface area contributed by atoms with E-state index in [4.69, 9.17) is 16.6 Å². The fourth-order valence-corrected chi connectivity index (χ4v) is 4.67. The van der Waals surface area contributed by atoms with Gasteiger partial charge in [0.2, 0.25) is 0 Å². The van der Waals surface area contributed by atoms with Gasteiger partial charge < -0.3 is 20.7 Å². The third-order valence-electron chi connectivity index (χ3n) is 5.56. The van der Waals surface area contributed by atoms with Gasteiger partial charge in [-0.2, -0.15) is 0 Å². The molecule has 0 fully saturated rings. The van der Waals surface area contributed by atoms with Crippen molar-refractivity contribution >= 4 is 39.9 Å². The number of thioether (sulfide) groups is 1. The Morgan fingerprint density at radius 2 is 1.56 bits per heavy atom. The molecule has 0 atom stereocenters. The number of hydrogen-bond donors (Lipinski definition) is 2. The monoisotopic (exact) mass is 516 g/mol. The van der Waals surface area contributed by atoms with Crippen LogP contribution in [0.15, 0.2) is 101 Å². The van der Waals surface area contributed by atoms with Crippen molar-refractivity contribution in [2.75, 3.05) is 5.48 Å². The lowest BCUT2D eigenvalue weighted by atomic mass is 10.1. The van der Waals surface area contributed by atoms with Crippen LogP contribution in [0, 0.1) is 19.1 Å². The third kappa shape index (κ3) is 7.04. The Bertz CT molecular complexity index is 1340. The summed E-state index contributed by atoms with van der Waals surface area (Å²) in [5.74, 6) is 0.219. The molecule has 0 radical (unpaired) electrons. The van der Waals surface area contributed by atoms with E-state index in [9.17, 15) is 10.3 Å². The Morgan fingerprint density at radius 1 is 0.889 bits per heavy atom. The summed E-state index contributed by atoms with van der Waals surface area (Å²) in [5.41, 5.74) is 7.23. The van der Waals surface area contributed by atoms with Crippen molar-refractivity contribution in [1.29, 1.82) is 0 Å². The normalized spacial score (nSPS) is 11.4. The summed E-state index contributed by atoms with van der Waals surface area (Å²) in [6.07, 6.45) is 0. The average molecular weight is 517 g/mol. The molecule has 0 aliphatic rings. The summed E-state index contributed by atoms with van der Waals surface area (Å²) >= 11 is 7.68. The molecular formula is C29H27ClN3O2S-. The molecule has 0 heterocycles. The highest BCUT2D eigenvalue weighted by Gasteiger charge is 2.16. The number of nitrogens with zero attached hydrogens (tertiary/aromatic N) is 2. The quantitative estimate of drug-likeness (QED) is 0.112. The molecule has 0 bridgehead atoms. The van der Waals surface area contributed by atoms with Crippen molar-refractivity contribution in [3.05, 3.63) is 123 Å². The maximum atomic E-state index is 11.4. The molecule has 0 unspecified atom stereocenters. The SMILES string of the molecule is Cc1ccc(CN(Cc2cccc(O)c2)C(=Nc2ccc(Cl)c(N[O-])c2)Sc2ccc(C)cc2)cc1. The first-order chi connectivity index (χ1) is 17.4. The van der Waals surface area contributed by atoms with Crippen LogP contribution in [0.2, 0.25) is 5.02 Å². The Labute approximate surface area is 221 Å². The summed E-state index contributed by atoms with van der Waals surface area (Å²) < 4.78 is 0. The molecular weight excluding hydrogens is 490 g/mol. The number of nitrogens with one attached hydrogen (secondary N) is 1. The second-order valence-corrected chi connectivity index (χ2v) is 10.0. The number of phenols is 1. The van der Waals surface area contributed by atoms with E-state index in [1.54, 1.807) is 42.1 Å². The third-order valence-corrected chi connectivity index (χ3v) is 6.93. The van der Waals surface area contributed by atoms with Crippen molar-refractivity contribution in [3.8, 4) is 5.75 Å². The first-order valence-electron chi connectivity index (χ1n) is 11.5. The van der Waals surface area contributed by atoms with Crippen LogP contribution in [0.5, 0.6) is 5.75 Å². The van der Waals surface area contributed by atoms with E-state index in [0.717, 1.165) is 21.2 Å². The number of rotatable bonds is 7. The smallest absolute Gasteiger partial charge is 0.169 e. The van der Waals surface area contributed by atoms with Crippen molar-refractivity contribution in [3.63, 3.8) is 0 Å². The number of aliphatic imine (C=N–C) groups is 1. The van der Waals surface area contributed by atoms with E-state index in [1.807, 2.05) is 17.6 Å². The zero-order valence-electron chi connectivity index (χ0n) is 20.1. The molecule has 184 valence electrons. The first-order valence-corrected chi connectivity index (χ1v) is 12.7. The van der Waals surface area contributed by atoms with Crippen LogP contribution in [0.3, 0.4) is 0 Å². The summed E-state index contributed by atoms with van der Waals surface area (Å²) in [6.45, 7) is 5.25.